The van der Waals surface area contributed by atoms with Crippen LogP contribution in [0.2, 0.25) is 0 Å². The number of nitrogens with zero attached hydrogens (tertiary/aromatic N) is 3. The Labute approximate surface area is 142 Å². The van der Waals surface area contributed by atoms with E-state index in [0.717, 1.165) is 54.9 Å². The highest BCUT2D eigenvalue weighted by atomic mass is 16.3. The normalized spacial score (nSPS) is 17.8. The summed E-state index contributed by atoms with van der Waals surface area (Å²) in [7, 11) is 0. The van der Waals surface area contributed by atoms with Gasteiger partial charge in [-0.05, 0) is 36.8 Å². The predicted octanol–water partition coefficient (Wildman–Crippen LogP) is 2.44. The Bertz CT molecular complexity index is 717. The van der Waals surface area contributed by atoms with Crippen LogP contribution in [-0.4, -0.2) is 39.0 Å². The summed E-state index contributed by atoms with van der Waals surface area (Å²) in [5.74, 6) is 0.564. The molecule has 1 fully saturated rings. The summed E-state index contributed by atoms with van der Waals surface area (Å²) in [6.45, 7) is 3.30. The molecule has 0 aliphatic carbocycles. The lowest BCUT2D eigenvalue weighted by molar-refractivity contribution is -0.130. The molecule has 5 heteroatoms. The van der Waals surface area contributed by atoms with Gasteiger partial charge in [0.2, 0.25) is 5.91 Å². The van der Waals surface area contributed by atoms with Gasteiger partial charge in [-0.1, -0.05) is 18.2 Å². The van der Waals surface area contributed by atoms with Gasteiger partial charge in [-0.3, -0.25) is 14.8 Å². The highest BCUT2D eigenvalue weighted by Gasteiger charge is 2.23. The fourth-order valence-corrected chi connectivity index (χ4v) is 3.37. The first-order valence-corrected chi connectivity index (χ1v) is 8.43. The van der Waals surface area contributed by atoms with Crippen molar-refractivity contribution in [2.24, 2.45) is 5.92 Å². The standard InChI is InChI=1S/C19H23N3O2/c1-14(24)22-9-3-5-15(12-22)11-18-19(21-8-7-20-18)17-6-2-4-16(10-17)13-23/h2,4,6-8,10,15,23H,3,5,9,11-13H2,1H3. The van der Waals surface area contributed by atoms with Gasteiger partial charge < -0.3 is 10.0 Å². The van der Waals surface area contributed by atoms with Crippen molar-refractivity contribution < 1.29 is 9.90 Å². The number of aliphatic hydroxyl groups excluding tert-OH is 1. The molecule has 1 N–H and O–H groups in total. The van der Waals surface area contributed by atoms with Gasteiger partial charge in [-0.15, -0.1) is 0 Å². The van der Waals surface area contributed by atoms with Gasteiger partial charge in [0, 0.05) is 38.0 Å². The first-order valence-electron chi connectivity index (χ1n) is 8.43. The fourth-order valence-electron chi connectivity index (χ4n) is 3.37. The molecule has 0 saturated carbocycles. The first-order chi connectivity index (χ1) is 11.7. The van der Waals surface area contributed by atoms with Crippen LogP contribution in [0.4, 0.5) is 0 Å². The molecule has 2 heterocycles. The lowest BCUT2D eigenvalue weighted by Gasteiger charge is -2.32. The van der Waals surface area contributed by atoms with Crippen LogP contribution in [0.25, 0.3) is 11.3 Å². The first kappa shape index (κ1) is 16.6. The summed E-state index contributed by atoms with van der Waals surface area (Å²) in [6, 6.07) is 7.77. The maximum Gasteiger partial charge on any atom is 0.219 e. The van der Waals surface area contributed by atoms with Crippen LogP contribution in [-0.2, 0) is 17.8 Å². The van der Waals surface area contributed by atoms with Crippen LogP contribution in [0.1, 0.15) is 31.0 Å². The molecule has 126 valence electrons. The van der Waals surface area contributed by atoms with E-state index < -0.39 is 0 Å². The van der Waals surface area contributed by atoms with E-state index in [1.807, 2.05) is 29.2 Å². The Balaban J connectivity index is 1.83. The summed E-state index contributed by atoms with van der Waals surface area (Å²) in [6.07, 6.45) is 6.39. The Hall–Kier alpha value is -2.27. The van der Waals surface area contributed by atoms with Crippen molar-refractivity contribution in [1.29, 1.82) is 0 Å². The Morgan fingerprint density at radius 1 is 1.33 bits per heavy atom. The molecule has 5 nitrogen and oxygen atoms in total. The zero-order valence-electron chi connectivity index (χ0n) is 14.0. The molecule has 1 unspecified atom stereocenters. The molecule has 0 spiro atoms. The van der Waals surface area contributed by atoms with Crippen molar-refractivity contribution in [3.05, 3.63) is 47.9 Å². The second-order valence-corrected chi connectivity index (χ2v) is 6.39. The van der Waals surface area contributed by atoms with E-state index in [-0.39, 0.29) is 12.5 Å². The third kappa shape index (κ3) is 3.79. The van der Waals surface area contributed by atoms with Crippen molar-refractivity contribution in [2.45, 2.75) is 32.8 Å². The van der Waals surface area contributed by atoms with Gasteiger partial charge in [0.15, 0.2) is 0 Å². The number of amides is 1. The van der Waals surface area contributed by atoms with Gasteiger partial charge in [-0.25, -0.2) is 0 Å². The molecule has 0 radical (unpaired) electrons. The van der Waals surface area contributed by atoms with Crippen molar-refractivity contribution in [2.75, 3.05) is 13.1 Å². The summed E-state index contributed by atoms with van der Waals surface area (Å²) in [4.78, 5) is 22.6. The maximum absolute atomic E-state index is 11.6. The smallest absolute Gasteiger partial charge is 0.219 e. The lowest BCUT2D eigenvalue weighted by atomic mass is 9.91. The Morgan fingerprint density at radius 2 is 2.17 bits per heavy atom. The summed E-state index contributed by atoms with van der Waals surface area (Å²) in [5, 5.41) is 9.35. The van der Waals surface area contributed by atoms with E-state index in [9.17, 15) is 9.90 Å². The van der Waals surface area contributed by atoms with Crippen LogP contribution in [0.15, 0.2) is 36.7 Å². The summed E-state index contributed by atoms with van der Waals surface area (Å²) >= 11 is 0. The number of carbonyl (C=O) groups excluding carboxylic acids is 1. The monoisotopic (exact) mass is 325 g/mol. The number of hydrogen-bond donors (Lipinski definition) is 1. The second-order valence-electron chi connectivity index (χ2n) is 6.39. The van der Waals surface area contributed by atoms with E-state index in [4.69, 9.17) is 0 Å². The molecule has 1 saturated heterocycles. The van der Waals surface area contributed by atoms with Crippen molar-refractivity contribution in [3.8, 4) is 11.3 Å². The number of aliphatic hydroxyl groups is 1. The van der Waals surface area contributed by atoms with Crippen molar-refractivity contribution in [1.82, 2.24) is 14.9 Å². The Morgan fingerprint density at radius 3 is 2.96 bits per heavy atom. The van der Waals surface area contributed by atoms with E-state index in [1.165, 1.54) is 0 Å². The van der Waals surface area contributed by atoms with Crippen LogP contribution < -0.4 is 0 Å². The average molecular weight is 325 g/mol. The van der Waals surface area contributed by atoms with Crippen molar-refractivity contribution in [3.63, 3.8) is 0 Å². The molecular weight excluding hydrogens is 302 g/mol. The van der Waals surface area contributed by atoms with E-state index in [0.29, 0.717) is 5.92 Å². The molecule has 3 rings (SSSR count). The molecule has 1 amide bonds. The van der Waals surface area contributed by atoms with E-state index >= 15 is 0 Å². The zero-order valence-corrected chi connectivity index (χ0v) is 14.0. The van der Waals surface area contributed by atoms with Gasteiger partial charge in [-0.2, -0.15) is 0 Å². The van der Waals surface area contributed by atoms with Crippen LogP contribution in [0, 0.1) is 5.92 Å². The van der Waals surface area contributed by atoms with Gasteiger partial charge >= 0.3 is 0 Å². The minimum absolute atomic E-state index is 0.0135. The molecule has 1 aromatic heterocycles. The molecule has 2 aromatic rings. The Kier molecular flexibility index (Phi) is 5.20. The predicted molar refractivity (Wildman–Crippen MR) is 92.1 cm³/mol. The molecular formula is C19H23N3O2. The van der Waals surface area contributed by atoms with Gasteiger partial charge in [0.25, 0.3) is 0 Å². The topological polar surface area (TPSA) is 66.3 Å². The molecule has 1 aromatic carbocycles. The van der Waals surface area contributed by atoms with Crippen LogP contribution in [0.5, 0.6) is 0 Å². The quantitative estimate of drug-likeness (QED) is 0.937. The number of carbonyl (C=O) groups is 1. The lowest BCUT2D eigenvalue weighted by Crippen LogP contribution is -2.39. The second kappa shape index (κ2) is 7.53. The molecule has 1 aliphatic rings. The maximum atomic E-state index is 11.6. The molecule has 1 aliphatic heterocycles. The third-order valence-electron chi connectivity index (χ3n) is 4.60. The van der Waals surface area contributed by atoms with E-state index in [1.54, 1.807) is 19.3 Å². The summed E-state index contributed by atoms with van der Waals surface area (Å²) < 4.78 is 0. The SMILES string of the molecule is CC(=O)N1CCCC(Cc2nccnc2-c2cccc(CO)c2)C1. The van der Waals surface area contributed by atoms with Gasteiger partial charge in [0.1, 0.15) is 0 Å². The number of benzene rings is 1. The number of piperidine rings is 1. The largest absolute Gasteiger partial charge is 0.392 e. The van der Waals surface area contributed by atoms with Crippen LogP contribution >= 0.6 is 0 Å². The number of likely N-dealkylation sites (tertiary alicyclic amines) is 1. The minimum Gasteiger partial charge on any atom is -0.392 e. The molecule has 0 bridgehead atoms. The average Bonchev–Trinajstić information content (AvgIpc) is 2.62. The zero-order chi connectivity index (χ0) is 16.9. The number of aromatic nitrogens is 2. The third-order valence-corrected chi connectivity index (χ3v) is 4.60. The van der Waals surface area contributed by atoms with Gasteiger partial charge in [0.05, 0.1) is 18.0 Å². The molecule has 24 heavy (non-hydrogen) atoms. The fraction of sp³-hybridized carbons (Fsp3) is 0.421. The van der Waals surface area contributed by atoms with Crippen molar-refractivity contribution >= 4 is 5.91 Å². The summed E-state index contributed by atoms with van der Waals surface area (Å²) in [5.41, 5.74) is 3.67. The highest BCUT2D eigenvalue weighted by Crippen LogP contribution is 2.26. The number of rotatable bonds is 4. The molecule has 1 atom stereocenters. The highest BCUT2D eigenvalue weighted by molar-refractivity contribution is 5.73. The van der Waals surface area contributed by atoms with E-state index in [2.05, 4.69) is 9.97 Å². The number of hydrogen-bond acceptors (Lipinski definition) is 4. The van der Waals surface area contributed by atoms with Crippen LogP contribution in [0.3, 0.4) is 0 Å². The minimum atomic E-state index is 0.0135.